The van der Waals surface area contributed by atoms with Crippen molar-refractivity contribution in [1.82, 2.24) is 0 Å². The lowest BCUT2D eigenvalue weighted by molar-refractivity contribution is 0.297. The minimum Gasteiger partial charge on any atom is -0.396 e. The van der Waals surface area contributed by atoms with E-state index in [1.54, 1.807) is 6.07 Å². The van der Waals surface area contributed by atoms with Gasteiger partial charge in [-0.15, -0.1) is 0 Å². The summed E-state index contributed by atoms with van der Waals surface area (Å²) in [7, 11) is 0. The van der Waals surface area contributed by atoms with Gasteiger partial charge < -0.3 is 5.11 Å². The van der Waals surface area contributed by atoms with Crippen molar-refractivity contribution >= 4 is 0 Å². The third-order valence-corrected chi connectivity index (χ3v) is 1.64. The van der Waals surface area contributed by atoms with Crippen LogP contribution in [0.5, 0.6) is 0 Å². The minimum absolute atomic E-state index is 0.0841. The van der Waals surface area contributed by atoms with Crippen LogP contribution in [-0.2, 0) is 6.42 Å². The zero-order valence-electron chi connectivity index (χ0n) is 6.72. The summed E-state index contributed by atoms with van der Waals surface area (Å²) in [6.07, 6.45) is 0.0841. The minimum atomic E-state index is -0.873. The van der Waals surface area contributed by atoms with Crippen LogP contribution in [0.2, 0.25) is 0 Å². The lowest BCUT2D eigenvalue weighted by Gasteiger charge is -2.01. The van der Waals surface area contributed by atoms with Gasteiger partial charge >= 0.3 is 0 Å². The van der Waals surface area contributed by atoms with Gasteiger partial charge in [-0.3, -0.25) is 0 Å². The molecule has 0 aromatic heterocycles. The summed E-state index contributed by atoms with van der Waals surface area (Å²) in [5, 5.41) is 17.0. The standard InChI is InChI=1S/C9H7F2NO/c10-8-4-9(11)7(5-12)3-6(8)1-2-13/h3-4,13H,1-2H2. The quantitative estimate of drug-likeness (QED) is 0.752. The first-order valence-electron chi connectivity index (χ1n) is 3.68. The maximum atomic E-state index is 12.9. The van der Waals surface area contributed by atoms with E-state index in [1.165, 1.54) is 0 Å². The van der Waals surface area contributed by atoms with E-state index in [0.717, 1.165) is 6.07 Å². The van der Waals surface area contributed by atoms with Gasteiger partial charge in [-0.2, -0.15) is 5.26 Å². The van der Waals surface area contributed by atoms with Gasteiger partial charge in [0.25, 0.3) is 0 Å². The molecule has 0 radical (unpaired) electrons. The van der Waals surface area contributed by atoms with Crippen LogP contribution in [0.3, 0.4) is 0 Å². The maximum absolute atomic E-state index is 12.9. The summed E-state index contributed by atoms with van der Waals surface area (Å²) in [5.41, 5.74) is -0.0506. The van der Waals surface area contributed by atoms with E-state index in [1.807, 2.05) is 0 Å². The molecule has 0 heterocycles. The summed E-state index contributed by atoms with van der Waals surface area (Å²) < 4.78 is 25.6. The molecule has 68 valence electrons. The Kier molecular flexibility index (Phi) is 2.93. The molecule has 0 spiro atoms. The molecule has 1 rings (SSSR count). The van der Waals surface area contributed by atoms with Crippen molar-refractivity contribution in [2.24, 2.45) is 0 Å². The lowest BCUT2D eigenvalue weighted by Crippen LogP contribution is -1.98. The highest BCUT2D eigenvalue weighted by molar-refractivity contribution is 5.35. The van der Waals surface area contributed by atoms with Crippen molar-refractivity contribution in [3.63, 3.8) is 0 Å². The van der Waals surface area contributed by atoms with Crippen LogP contribution in [-0.4, -0.2) is 11.7 Å². The Morgan fingerprint density at radius 3 is 2.54 bits per heavy atom. The lowest BCUT2D eigenvalue weighted by atomic mass is 10.1. The Bertz CT molecular complexity index is 357. The molecular formula is C9H7F2NO. The maximum Gasteiger partial charge on any atom is 0.143 e. The van der Waals surface area contributed by atoms with Crippen LogP contribution >= 0.6 is 0 Å². The number of halogens is 2. The number of hydrogen-bond acceptors (Lipinski definition) is 2. The first-order chi connectivity index (χ1) is 6.19. The highest BCUT2D eigenvalue weighted by Gasteiger charge is 2.08. The fraction of sp³-hybridized carbons (Fsp3) is 0.222. The molecule has 0 saturated carbocycles. The Morgan fingerprint density at radius 1 is 1.31 bits per heavy atom. The van der Waals surface area contributed by atoms with Gasteiger partial charge in [-0.05, 0) is 18.1 Å². The van der Waals surface area contributed by atoms with Crippen molar-refractivity contribution in [2.45, 2.75) is 6.42 Å². The van der Waals surface area contributed by atoms with Gasteiger partial charge in [-0.1, -0.05) is 0 Å². The molecule has 1 aromatic rings. The molecule has 0 atom stereocenters. The molecule has 0 saturated heterocycles. The number of aliphatic hydroxyl groups is 1. The first kappa shape index (κ1) is 9.62. The molecule has 0 aliphatic carbocycles. The molecule has 0 unspecified atom stereocenters. The topological polar surface area (TPSA) is 44.0 Å². The molecule has 13 heavy (non-hydrogen) atoms. The predicted octanol–water partition coefficient (Wildman–Crippen LogP) is 1.37. The smallest absolute Gasteiger partial charge is 0.143 e. The summed E-state index contributed by atoms with van der Waals surface area (Å²) in [5.74, 6) is -1.60. The molecule has 0 fully saturated rings. The molecule has 2 nitrogen and oxygen atoms in total. The van der Waals surface area contributed by atoms with Crippen LogP contribution in [0.15, 0.2) is 12.1 Å². The molecular weight excluding hydrogens is 176 g/mol. The highest BCUT2D eigenvalue weighted by atomic mass is 19.1. The second-order valence-corrected chi connectivity index (χ2v) is 2.51. The van der Waals surface area contributed by atoms with Gasteiger partial charge in [0.15, 0.2) is 0 Å². The zero-order valence-corrected chi connectivity index (χ0v) is 6.72. The summed E-state index contributed by atoms with van der Waals surface area (Å²) in [6.45, 7) is -0.229. The monoisotopic (exact) mass is 183 g/mol. The normalized spacial score (nSPS) is 9.69. The molecule has 0 aliphatic rings. The summed E-state index contributed by atoms with van der Waals surface area (Å²) >= 11 is 0. The molecule has 1 N–H and O–H groups in total. The second kappa shape index (κ2) is 3.97. The van der Waals surface area contributed by atoms with E-state index in [-0.39, 0.29) is 24.2 Å². The Balaban J connectivity index is 3.16. The molecule has 0 bridgehead atoms. The van der Waals surface area contributed by atoms with E-state index in [2.05, 4.69) is 0 Å². The van der Waals surface area contributed by atoms with Crippen LogP contribution in [0.4, 0.5) is 8.78 Å². The Hall–Kier alpha value is -1.47. The highest BCUT2D eigenvalue weighted by Crippen LogP contribution is 2.14. The fourth-order valence-corrected chi connectivity index (χ4v) is 0.992. The molecule has 0 aliphatic heterocycles. The third-order valence-electron chi connectivity index (χ3n) is 1.64. The fourth-order valence-electron chi connectivity index (χ4n) is 0.992. The number of aliphatic hydroxyl groups excluding tert-OH is 1. The van der Waals surface area contributed by atoms with Crippen molar-refractivity contribution in [3.05, 3.63) is 34.9 Å². The number of nitriles is 1. The Morgan fingerprint density at radius 2 is 2.00 bits per heavy atom. The largest absolute Gasteiger partial charge is 0.396 e. The van der Waals surface area contributed by atoms with Gasteiger partial charge in [-0.25, -0.2) is 8.78 Å². The van der Waals surface area contributed by atoms with Crippen molar-refractivity contribution in [2.75, 3.05) is 6.61 Å². The number of benzene rings is 1. The van der Waals surface area contributed by atoms with Gasteiger partial charge in [0.05, 0.1) is 5.56 Å². The van der Waals surface area contributed by atoms with Crippen LogP contribution < -0.4 is 0 Å². The van der Waals surface area contributed by atoms with Crippen molar-refractivity contribution in [3.8, 4) is 6.07 Å². The van der Waals surface area contributed by atoms with E-state index in [4.69, 9.17) is 10.4 Å². The van der Waals surface area contributed by atoms with E-state index < -0.39 is 11.6 Å². The third kappa shape index (κ3) is 2.01. The van der Waals surface area contributed by atoms with Gasteiger partial charge in [0, 0.05) is 12.7 Å². The number of rotatable bonds is 2. The zero-order chi connectivity index (χ0) is 9.84. The van der Waals surface area contributed by atoms with Gasteiger partial charge in [0.1, 0.15) is 17.7 Å². The summed E-state index contributed by atoms with van der Waals surface area (Å²) in [4.78, 5) is 0. The SMILES string of the molecule is N#Cc1cc(CCO)c(F)cc1F. The van der Waals surface area contributed by atoms with E-state index in [0.29, 0.717) is 6.07 Å². The average molecular weight is 183 g/mol. The first-order valence-corrected chi connectivity index (χ1v) is 3.68. The molecule has 1 aromatic carbocycles. The van der Waals surface area contributed by atoms with Crippen LogP contribution in [0, 0.1) is 23.0 Å². The summed E-state index contributed by atoms with van der Waals surface area (Å²) in [6, 6.07) is 3.37. The van der Waals surface area contributed by atoms with E-state index in [9.17, 15) is 8.78 Å². The van der Waals surface area contributed by atoms with E-state index >= 15 is 0 Å². The van der Waals surface area contributed by atoms with Crippen molar-refractivity contribution in [1.29, 1.82) is 5.26 Å². The second-order valence-electron chi connectivity index (χ2n) is 2.51. The predicted molar refractivity (Wildman–Crippen MR) is 41.9 cm³/mol. The molecule has 0 amide bonds. The van der Waals surface area contributed by atoms with Crippen LogP contribution in [0.1, 0.15) is 11.1 Å². The van der Waals surface area contributed by atoms with Crippen LogP contribution in [0.25, 0.3) is 0 Å². The number of hydrogen-bond donors (Lipinski definition) is 1. The van der Waals surface area contributed by atoms with Crippen molar-refractivity contribution < 1.29 is 13.9 Å². The molecule has 4 heteroatoms. The average Bonchev–Trinajstić information content (AvgIpc) is 2.10. The Labute approximate surface area is 74.0 Å². The van der Waals surface area contributed by atoms with Gasteiger partial charge in [0.2, 0.25) is 0 Å². The number of nitrogens with zero attached hydrogens (tertiary/aromatic N) is 1.